The monoisotopic (exact) mass is 521 g/mol. The average molecular weight is 522 g/mol. The molecule has 206 valence electrons. The summed E-state index contributed by atoms with van der Waals surface area (Å²) in [6, 6.07) is 19.3. The summed E-state index contributed by atoms with van der Waals surface area (Å²) < 4.78 is 0. The van der Waals surface area contributed by atoms with Crippen LogP contribution in [0.25, 0.3) is 0 Å². The molecule has 0 amide bonds. The van der Waals surface area contributed by atoms with Crippen LogP contribution in [0.1, 0.15) is 132 Å². The predicted octanol–water partition coefficient (Wildman–Crippen LogP) is 10.8. The standard InChI is InChI=1S/C36H47N3/c1-11-12-20-34(39-36-30(25(6)7)18-14-19-31(36)26(8)9)33-22-15-21-32(38-33)27(10)37-35-28(23(2)3)16-13-17-29(35)24(4)5/h11,13-19,21-26H,1,12,20H2,2-10H3. The minimum atomic E-state index is 0.382. The molecule has 0 spiro atoms. The van der Waals surface area contributed by atoms with Crippen LogP contribution in [0.4, 0.5) is 11.4 Å². The molecular weight excluding hydrogens is 474 g/mol. The molecule has 3 heteroatoms. The molecule has 0 aliphatic rings. The van der Waals surface area contributed by atoms with E-state index in [9.17, 15) is 0 Å². The molecule has 3 nitrogen and oxygen atoms in total. The van der Waals surface area contributed by atoms with Gasteiger partial charge in [0.2, 0.25) is 0 Å². The molecule has 0 radical (unpaired) electrons. The number of nitrogens with zero attached hydrogens (tertiary/aromatic N) is 3. The minimum absolute atomic E-state index is 0.382. The maximum atomic E-state index is 5.33. The van der Waals surface area contributed by atoms with Crippen LogP contribution in [0.3, 0.4) is 0 Å². The maximum absolute atomic E-state index is 5.33. The van der Waals surface area contributed by atoms with Gasteiger partial charge in [-0.05, 0) is 77.8 Å². The van der Waals surface area contributed by atoms with Crippen molar-refractivity contribution >= 4 is 22.8 Å². The van der Waals surface area contributed by atoms with Crippen molar-refractivity contribution in [2.75, 3.05) is 0 Å². The summed E-state index contributed by atoms with van der Waals surface area (Å²) in [5.41, 5.74) is 11.0. The van der Waals surface area contributed by atoms with Crippen molar-refractivity contribution in [2.24, 2.45) is 9.98 Å². The Kier molecular flexibility index (Phi) is 10.6. The Labute approximate surface area is 237 Å². The number of hydrogen-bond donors (Lipinski definition) is 0. The molecule has 0 unspecified atom stereocenters. The van der Waals surface area contributed by atoms with Crippen molar-refractivity contribution in [3.05, 3.63) is 101 Å². The van der Waals surface area contributed by atoms with E-state index in [1.54, 1.807) is 0 Å². The van der Waals surface area contributed by atoms with Crippen molar-refractivity contribution in [3.8, 4) is 0 Å². The second-order valence-corrected chi connectivity index (χ2v) is 11.7. The molecule has 2 aromatic carbocycles. The second-order valence-electron chi connectivity index (χ2n) is 11.7. The Morgan fingerprint density at radius 2 is 1.08 bits per heavy atom. The van der Waals surface area contributed by atoms with Crippen LogP contribution in [0.5, 0.6) is 0 Å². The van der Waals surface area contributed by atoms with Gasteiger partial charge in [-0.1, -0.05) is 104 Å². The lowest BCUT2D eigenvalue weighted by molar-refractivity contribution is 0.834. The third kappa shape index (κ3) is 7.41. The van der Waals surface area contributed by atoms with Gasteiger partial charge in [0.1, 0.15) is 0 Å². The summed E-state index contributed by atoms with van der Waals surface area (Å²) >= 11 is 0. The lowest BCUT2D eigenvalue weighted by atomic mass is 9.92. The van der Waals surface area contributed by atoms with Crippen molar-refractivity contribution in [3.63, 3.8) is 0 Å². The SMILES string of the molecule is C=CCCC(=Nc1c(C(C)C)cccc1C(C)C)c1cccc(C(C)=Nc2c(C(C)C)cccc2C(C)C)n1. The van der Waals surface area contributed by atoms with E-state index < -0.39 is 0 Å². The Hall–Kier alpha value is -3.33. The number of hydrogen-bond acceptors (Lipinski definition) is 3. The van der Waals surface area contributed by atoms with Gasteiger partial charge in [-0.25, -0.2) is 4.98 Å². The van der Waals surface area contributed by atoms with Crippen molar-refractivity contribution in [1.82, 2.24) is 4.98 Å². The van der Waals surface area contributed by atoms with Crippen LogP contribution in [0.15, 0.2) is 77.2 Å². The second kappa shape index (κ2) is 13.6. The van der Waals surface area contributed by atoms with Gasteiger partial charge >= 0.3 is 0 Å². The van der Waals surface area contributed by atoms with E-state index in [1.807, 2.05) is 6.08 Å². The number of aromatic nitrogens is 1. The van der Waals surface area contributed by atoms with E-state index in [2.05, 4.69) is 123 Å². The Morgan fingerprint density at radius 1 is 0.667 bits per heavy atom. The van der Waals surface area contributed by atoms with E-state index in [0.717, 1.165) is 47.0 Å². The van der Waals surface area contributed by atoms with Crippen LogP contribution in [0.2, 0.25) is 0 Å². The fraction of sp³-hybridized carbons (Fsp3) is 0.417. The van der Waals surface area contributed by atoms with Gasteiger partial charge in [-0.3, -0.25) is 9.98 Å². The summed E-state index contributed by atoms with van der Waals surface area (Å²) in [6.07, 6.45) is 3.59. The average Bonchev–Trinajstić information content (AvgIpc) is 2.90. The van der Waals surface area contributed by atoms with E-state index in [0.29, 0.717) is 23.7 Å². The van der Waals surface area contributed by atoms with Gasteiger partial charge in [0, 0.05) is 0 Å². The van der Waals surface area contributed by atoms with Gasteiger partial charge in [0.25, 0.3) is 0 Å². The van der Waals surface area contributed by atoms with Gasteiger partial charge in [-0.15, -0.1) is 6.58 Å². The summed E-state index contributed by atoms with van der Waals surface area (Å²) in [6.45, 7) is 23.9. The van der Waals surface area contributed by atoms with Gasteiger partial charge in [-0.2, -0.15) is 0 Å². The fourth-order valence-electron chi connectivity index (χ4n) is 4.92. The van der Waals surface area contributed by atoms with E-state index in [4.69, 9.17) is 15.0 Å². The summed E-state index contributed by atoms with van der Waals surface area (Å²) in [7, 11) is 0. The first kappa shape index (κ1) is 30.2. The molecule has 1 aromatic heterocycles. The lowest BCUT2D eigenvalue weighted by Gasteiger charge is -2.18. The van der Waals surface area contributed by atoms with E-state index in [-0.39, 0.29) is 0 Å². The molecule has 39 heavy (non-hydrogen) atoms. The molecule has 3 aromatic rings. The third-order valence-corrected chi connectivity index (χ3v) is 7.21. The van der Waals surface area contributed by atoms with E-state index >= 15 is 0 Å². The van der Waals surface area contributed by atoms with Crippen LogP contribution in [-0.2, 0) is 0 Å². The maximum Gasteiger partial charge on any atom is 0.0852 e. The van der Waals surface area contributed by atoms with Crippen molar-refractivity contribution in [1.29, 1.82) is 0 Å². The first-order valence-corrected chi connectivity index (χ1v) is 14.5. The molecule has 0 bridgehead atoms. The zero-order chi connectivity index (χ0) is 28.7. The van der Waals surface area contributed by atoms with Crippen LogP contribution in [-0.4, -0.2) is 16.4 Å². The molecule has 1 heterocycles. The molecule has 0 fully saturated rings. The largest absolute Gasteiger partial charge is 0.251 e. The molecule has 0 atom stereocenters. The minimum Gasteiger partial charge on any atom is -0.251 e. The Morgan fingerprint density at radius 3 is 1.51 bits per heavy atom. The number of allylic oxidation sites excluding steroid dienone is 1. The van der Waals surface area contributed by atoms with Crippen molar-refractivity contribution < 1.29 is 0 Å². The molecule has 0 N–H and O–H groups in total. The highest BCUT2D eigenvalue weighted by Crippen LogP contribution is 2.36. The predicted molar refractivity (Wildman–Crippen MR) is 171 cm³/mol. The first-order valence-electron chi connectivity index (χ1n) is 14.5. The van der Waals surface area contributed by atoms with Gasteiger partial charge in [0.05, 0.1) is 34.2 Å². The fourth-order valence-corrected chi connectivity index (χ4v) is 4.92. The quantitative estimate of drug-likeness (QED) is 0.183. The molecular formula is C36H47N3. The van der Waals surface area contributed by atoms with Crippen LogP contribution in [0, 0.1) is 0 Å². The molecule has 0 saturated carbocycles. The highest BCUT2D eigenvalue weighted by molar-refractivity contribution is 6.03. The molecule has 0 saturated heterocycles. The van der Waals surface area contributed by atoms with Crippen LogP contribution < -0.4 is 0 Å². The summed E-state index contributed by atoms with van der Waals surface area (Å²) in [5.74, 6) is 1.55. The molecule has 0 aliphatic heterocycles. The summed E-state index contributed by atoms with van der Waals surface area (Å²) in [4.78, 5) is 15.6. The Balaban J connectivity index is 2.17. The molecule has 0 aliphatic carbocycles. The number of para-hydroxylation sites is 2. The molecule has 3 rings (SSSR count). The highest BCUT2D eigenvalue weighted by atomic mass is 14.8. The zero-order valence-corrected chi connectivity index (χ0v) is 25.5. The number of benzene rings is 2. The summed E-state index contributed by atoms with van der Waals surface area (Å²) in [5, 5.41) is 0. The third-order valence-electron chi connectivity index (χ3n) is 7.21. The smallest absolute Gasteiger partial charge is 0.0852 e. The van der Waals surface area contributed by atoms with Crippen molar-refractivity contribution in [2.45, 2.75) is 98.8 Å². The number of rotatable bonds is 11. The van der Waals surface area contributed by atoms with Gasteiger partial charge in [0.15, 0.2) is 0 Å². The Bertz CT molecular complexity index is 1290. The van der Waals surface area contributed by atoms with Gasteiger partial charge < -0.3 is 0 Å². The number of aliphatic imine (C=N–C) groups is 2. The topological polar surface area (TPSA) is 37.6 Å². The van der Waals surface area contributed by atoms with Crippen LogP contribution >= 0.6 is 0 Å². The zero-order valence-electron chi connectivity index (χ0n) is 25.5. The first-order chi connectivity index (χ1) is 18.5. The highest BCUT2D eigenvalue weighted by Gasteiger charge is 2.17. The number of pyridine rings is 1. The van der Waals surface area contributed by atoms with E-state index in [1.165, 1.54) is 22.3 Å². The normalized spacial score (nSPS) is 12.7. The lowest BCUT2D eigenvalue weighted by Crippen LogP contribution is -2.09.